The van der Waals surface area contributed by atoms with Gasteiger partial charge in [0.15, 0.2) is 0 Å². The summed E-state index contributed by atoms with van der Waals surface area (Å²) in [4.78, 5) is 13.2. The van der Waals surface area contributed by atoms with E-state index in [2.05, 4.69) is 10.6 Å². The van der Waals surface area contributed by atoms with E-state index in [0.29, 0.717) is 0 Å². The third-order valence-electron chi connectivity index (χ3n) is 2.83. The molecule has 7 nitrogen and oxygen atoms in total. The van der Waals surface area contributed by atoms with Crippen LogP contribution in [0, 0.1) is 0 Å². The Labute approximate surface area is 124 Å². The molecule has 0 bridgehead atoms. The van der Waals surface area contributed by atoms with Gasteiger partial charge in [0.05, 0.1) is 6.61 Å². The molecule has 1 aromatic carbocycles. The molecule has 1 rings (SSSR count). The summed E-state index contributed by atoms with van der Waals surface area (Å²) in [5, 5.41) is 24.1. The Kier molecular flexibility index (Phi) is 7.70. The maximum absolute atomic E-state index is 11.6. The smallest absolute Gasteiger partial charge is 0.408 e. The van der Waals surface area contributed by atoms with Gasteiger partial charge in [-0.3, -0.25) is 10.2 Å². The van der Waals surface area contributed by atoms with E-state index in [-0.39, 0.29) is 19.8 Å². The second-order valence-electron chi connectivity index (χ2n) is 4.79. The Morgan fingerprint density at radius 1 is 1.33 bits per heavy atom. The Balaban J connectivity index is 2.30. The second kappa shape index (κ2) is 9.30. The van der Waals surface area contributed by atoms with Crippen LogP contribution in [0.25, 0.3) is 0 Å². The van der Waals surface area contributed by atoms with Crippen LogP contribution in [0.2, 0.25) is 0 Å². The van der Waals surface area contributed by atoms with Gasteiger partial charge in [-0.25, -0.2) is 4.79 Å². The zero-order valence-electron chi connectivity index (χ0n) is 12.3. The summed E-state index contributed by atoms with van der Waals surface area (Å²) in [7, 11) is 3.45. The van der Waals surface area contributed by atoms with Crippen molar-refractivity contribution in [3.05, 3.63) is 35.9 Å². The van der Waals surface area contributed by atoms with Gasteiger partial charge in [0.2, 0.25) is 0 Å². The highest BCUT2D eigenvalue weighted by Gasteiger charge is 2.14. The van der Waals surface area contributed by atoms with Crippen LogP contribution in [0.1, 0.15) is 5.56 Å². The molecule has 2 unspecified atom stereocenters. The van der Waals surface area contributed by atoms with Gasteiger partial charge in [-0.15, -0.1) is 0 Å². The number of alkyl carbamates (subject to hydrolysis) is 1. The average molecular weight is 297 g/mol. The van der Waals surface area contributed by atoms with Gasteiger partial charge >= 0.3 is 6.09 Å². The minimum atomic E-state index is -0.707. The number of aliphatic hydroxyl groups excluding tert-OH is 2. The minimum Gasteiger partial charge on any atom is -0.445 e. The van der Waals surface area contributed by atoms with E-state index in [1.165, 1.54) is 0 Å². The van der Waals surface area contributed by atoms with Crippen LogP contribution in [0.15, 0.2) is 30.3 Å². The summed E-state index contributed by atoms with van der Waals surface area (Å²) in [6.07, 6.45) is -2.02. The van der Waals surface area contributed by atoms with E-state index in [4.69, 9.17) is 4.74 Å². The maximum Gasteiger partial charge on any atom is 0.408 e. The number of ether oxygens (including phenoxy) is 1. The molecule has 2 atom stereocenters. The molecular weight excluding hydrogens is 274 g/mol. The van der Waals surface area contributed by atoms with Gasteiger partial charge in [0, 0.05) is 6.54 Å². The number of benzene rings is 1. The summed E-state index contributed by atoms with van der Waals surface area (Å²) in [5.41, 5.74) is 0.879. The van der Waals surface area contributed by atoms with Crippen molar-refractivity contribution >= 4 is 6.09 Å². The molecule has 0 fully saturated rings. The van der Waals surface area contributed by atoms with Crippen molar-refractivity contribution in [3.63, 3.8) is 0 Å². The van der Waals surface area contributed by atoms with Gasteiger partial charge in [-0.1, -0.05) is 30.3 Å². The van der Waals surface area contributed by atoms with Crippen molar-refractivity contribution < 1.29 is 19.7 Å². The molecule has 4 N–H and O–H groups in total. The molecule has 7 heteroatoms. The lowest BCUT2D eigenvalue weighted by Gasteiger charge is -2.23. The van der Waals surface area contributed by atoms with Crippen LogP contribution in [0.3, 0.4) is 0 Å². The fourth-order valence-corrected chi connectivity index (χ4v) is 1.50. The van der Waals surface area contributed by atoms with Gasteiger partial charge in [0.25, 0.3) is 0 Å². The van der Waals surface area contributed by atoms with E-state index in [1.54, 1.807) is 19.0 Å². The molecule has 0 heterocycles. The molecule has 0 aliphatic heterocycles. The minimum absolute atomic E-state index is 0.158. The first kappa shape index (κ1) is 17.4. The number of amides is 1. The topological polar surface area (TPSA) is 94.1 Å². The molecule has 21 heavy (non-hydrogen) atoms. The van der Waals surface area contributed by atoms with E-state index in [0.717, 1.165) is 5.56 Å². The highest BCUT2D eigenvalue weighted by atomic mass is 16.5. The molecule has 0 radical (unpaired) electrons. The second-order valence-corrected chi connectivity index (χ2v) is 4.79. The summed E-state index contributed by atoms with van der Waals surface area (Å²) in [5.74, 6) is 0. The predicted molar refractivity (Wildman–Crippen MR) is 78.3 cm³/mol. The van der Waals surface area contributed by atoms with Crippen LogP contribution < -0.4 is 10.6 Å². The third kappa shape index (κ3) is 7.05. The summed E-state index contributed by atoms with van der Waals surface area (Å²) in [6.45, 7) is 0.0585. The molecule has 0 saturated heterocycles. The summed E-state index contributed by atoms with van der Waals surface area (Å²) < 4.78 is 5.04. The number of hydrogen-bond acceptors (Lipinski definition) is 6. The Morgan fingerprint density at radius 3 is 2.57 bits per heavy atom. The normalized spacial score (nSPS) is 13.8. The van der Waals surface area contributed by atoms with Gasteiger partial charge in [-0.05, 0) is 19.7 Å². The Hall–Kier alpha value is -1.67. The summed E-state index contributed by atoms with van der Waals surface area (Å²) in [6, 6.07) is 9.30. The summed E-state index contributed by atoms with van der Waals surface area (Å²) >= 11 is 0. The van der Waals surface area contributed by atoms with Crippen LogP contribution in [0.5, 0.6) is 0 Å². The molecule has 0 aromatic heterocycles. The molecule has 0 aliphatic rings. The van der Waals surface area contributed by atoms with Crippen molar-refractivity contribution in [1.29, 1.82) is 0 Å². The molecule has 1 amide bonds. The first-order chi connectivity index (χ1) is 10.0. The number of nitrogens with one attached hydrogen (secondary N) is 2. The Bertz CT molecular complexity index is 414. The maximum atomic E-state index is 11.6. The molecular formula is C14H23N3O4. The van der Waals surface area contributed by atoms with Crippen LogP contribution in [0.4, 0.5) is 4.79 Å². The monoisotopic (exact) mass is 297 g/mol. The highest BCUT2D eigenvalue weighted by molar-refractivity contribution is 5.67. The number of likely N-dealkylation sites (N-methyl/N-ethyl adjacent to an activating group) is 1. The van der Waals surface area contributed by atoms with Crippen molar-refractivity contribution in [3.8, 4) is 0 Å². The van der Waals surface area contributed by atoms with Gasteiger partial charge < -0.3 is 20.3 Å². The number of carbonyl (C=O) groups excluding carboxylic acids is 1. The number of aliphatic hydroxyl groups is 2. The fraction of sp³-hybridized carbons (Fsp3) is 0.500. The van der Waals surface area contributed by atoms with Crippen molar-refractivity contribution in [1.82, 2.24) is 15.5 Å². The lowest BCUT2D eigenvalue weighted by Crippen LogP contribution is -2.51. The largest absolute Gasteiger partial charge is 0.445 e. The SMILES string of the molecule is CN(C)C(O)CNC(CO)NC(=O)OCc1ccccc1. The molecule has 0 spiro atoms. The predicted octanol–water partition coefficient (Wildman–Crippen LogP) is -0.299. The number of hydrogen-bond donors (Lipinski definition) is 4. The standard InChI is InChI=1S/C14H23N3O4/c1-17(2)13(19)8-15-12(9-18)16-14(20)21-10-11-6-4-3-5-7-11/h3-7,12-13,15,18-19H,8-10H2,1-2H3,(H,16,20). The van der Waals surface area contributed by atoms with E-state index < -0.39 is 18.5 Å². The van der Waals surface area contributed by atoms with Gasteiger partial charge in [-0.2, -0.15) is 0 Å². The van der Waals surface area contributed by atoms with Crippen molar-refractivity contribution in [2.45, 2.75) is 19.0 Å². The van der Waals surface area contributed by atoms with E-state index in [1.807, 2.05) is 30.3 Å². The molecule has 1 aromatic rings. The van der Waals surface area contributed by atoms with Crippen LogP contribution in [-0.4, -0.2) is 60.8 Å². The third-order valence-corrected chi connectivity index (χ3v) is 2.83. The zero-order valence-corrected chi connectivity index (χ0v) is 12.3. The van der Waals surface area contributed by atoms with E-state index in [9.17, 15) is 15.0 Å². The number of nitrogens with zero attached hydrogens (tertiary/aromatic N) is 1. The van der Waals surface area contributed by atoms with Crippen molar-refractivity contribution in [2.24, 2.45) is 0 Å². The molecule has 118 valence electrons. The first-order valence-corrected chi connectivity index (χ1v) is 6.69. The lowest BCUT2D eigenvalue weighted by atomic mass is 10.2. The molecule has 0 saturated carbocycles. The van der Waals surface area contributed by atoms with Crippen LogP contribution >= 0.6 is 0 Å². The highest BCUT2D eigenvalue weighted by Crippen LogP contribution is 2.00. The number of carbonyl (C=O) groups is 1. The first-order valence-electron chi connectivity index (χ1n) is 6.69. The quantitative estimate of drug-likeness (QED) is 0.492. The lowest BCUT2D eigenvalue weighted by molar-refractivity contribution is 0.0346. The average Bonchev–Trinajstić information content (AvgIpc) is 2.49. The van der Waals surface area contributed by atoms with Crippen molar-refractivity contribution in [2.75, 3.05) is 27.2 Å². The van der Waals surface area contributed by atoms with E-state index >= 15 is 0 Å². The zero-order chi connectivity index (χ0) is 15.7. The van der Waals surface area contributed by atoms with Crippen LogP contribution in [-0.2, 0) is 11.3 Å². The number of rotatable bonds is 8. The molecule has 0 aliphatic carbocycles. The fourth-order valence-electron chi connectivity index (χ4n) is 1.50. The Morgan fingerprint density at radius 2 is 2.00 bits per heavy atom. The van der Waals surface area contributed by atoms with Gasteiger partial charge in [0.1, 0.15) is 19.0 Å².